The van der Waals surface area contributed by atoms with Crippen molar-refractivity contribution in [2.45, 2.75) is 57.3 Å². The third-order valence-corrected chi connectivity index (χ3v) is 4.65. The lowest BCUT2D eigenvalue weighted by molar-refractivity contribution is 0.0882. The van der Waals surface area contributed by atoms with Gasteiger partial charge < -0.3 is 10.2 Å². The molecule has 2 aliphatic rings. The van der Waals surface area contributed by atoms with Gasteiger partial charge in [-0.25, -0.2) is 0 Å². The zero-order chi connectivity index (χ0) is 13.4. The molecule has 1 aromatic heterocycles. The van der Waals surface area contributed by atoms with Gasteiger partial charge in [0.05, 0.1) is 11.8 Å². The second kappa shape index (κ2) is 4.96. The summed E-state index contributed by atoms with van der Waals surface area (Å²) in [6.45, 7) is 2.81. The lowest BCUT2D eigenvalue weighted by Crippen LogP contribution is -2.48. The minimum absolute atomic E-state index is 0.0219. The highest BCUT2D eigenvalue weighted by Gasteiger charge is 2.38. The van der Waals surface area contributed by atoms with Crippen molar-refractivity contribution in [3.63, 3.8) is 0 Å². The molecule has 1 aromatic rings. The number of carbonyl (C=O) groups is 1. The Balaban J connectivity index is 1.61. The van der Waals surface area contributed by atoms with Crippen molar-refractivity contribution in [3.8, 4) is 0 Å². The maximum absolute atomic E-state index is 12.2. The van der Waals surface area contributed by atoms with Crippen LogP contribution in [-0.2, 0) is 6.54 Å². The van der Waals surface area contributed by atoms with Crippen molar-refractivity contribution < 1.29 is 4.79 Å². The summed E-state index contributed by atoms with van der Waals surface area (Å²) < 4.78 is 1.78. The SMILES string of the molecule is CCn1cc(C(=O)NC2CC3CCC(C2)N3C)cn1. The van der Waals surface area contributed by atoms with E-state index in [1.54, 1.807) is 10.9 Å². The molecule has 0 aromatic carbocycles. The summed E-state index contributed by atoms with van der Waals surface area (Å²) in [6.07, 6.45) is 8.20. The normalized spacial score (nSPS) is 30.5. The van der Waals surface area contributed by atoms with E-state index in [1.165, 1.54) is 12.8 Å². The summed E-state index contributed by atoms with van der Waals surface area (Å²) >= 11 is 0. The van der Waals surface area contributed by atoms with Gasteiger partial charge >= 0.3 is 0 Å². The lowest BCUT2D eigenvalue weighted by Gasteiger charge is -2.36. The van der Waals surface area contributed by atoms with Crippen LogP contribution in [0.3, 0.4) is 0 Å². The summed E-state index contributed by atoms with van der Waals surface area (Å²) in [4.78, 5) is 14.7. The molecule has 2 aliphatic heterocycles. The number of nitrogens with zero attached hydrogens (tertiary/aromatic N) is 3. The third kappa shape index (κ3) is 2.39. The quantitative estimate of drug-likeness (QED) is 0.892. The number of aromatic nitrogens is 2. The van der Waals surface area contributed by atoms with Crippen LogP contribution in [0, 0.1) is 0 Å². The van der Waals surface area contributed by atoms with Crippen LogP contribution in [0.2, 0.25) is 0 Å². The molecule has 2 saturated heterocycles. The van der Waals surface area contributed by atoms with Crippen LogP contribution in [0.5, 0.6) is 0 Å². The van der Waals surface area contributed by atoms with Gasteiger partial charge in [0, 0.05) is 30.9 Å². The summed E-state index contributed by atoms with van der Waals surface area (Å²) in [7, 11) is 2.21. The smallest absolute Gasteiger partial charge is 0.254 e. The molecular formula is C14H22N4O. The van der Waals surface area contributed by atoms with E-state index >= 15 is 0 Å². The van der Waals surface area contributed by atoms with E-state index in [9.17, 15) is 4.79 Å². The van der Waals surface area contributed by atoms with Gasteiger partial charge in [-0.2, -0.15) is 5.10 Å². The second-order valence-electron chi connectivity index (χ2n) is 5.78. The molecular weight excluding hydrogens is 240 g/mol. The van der Waals surface area contributed by atoms with Crippen molar-refractivity contribution in [2.24, 2.45) is 0 Å². The zero-order valence-corrected chi connectivity index (χ0v) is 11.7. The van der Waals surface area contributed by atoms with Gasteiger partial charge in [0.1, 0.15) is 0 Å². The fraction of sp³-hybridized carbons (Fsp3) is 0.714. The van der Waals surface area contributed by atoms with Crippen molar-refractivity contribution in [1.82, 2.24) is 20.0 Å². The van der Waals surface area contributed by atoms with Crippen LogP contribution in [0.15, 0.2) is 12.4 Å². The van der Waals surface area contributed by atoms with Crippen LogP contribution >= 0.6 is 0 Å². The molecule has 3 rings (SSSR count). The fourth-order valence-electron chi connectivity index (χ4n) is 3.45. The molecule has 0 saturated carbocycles. The second-order valence-corrected chi connectivity index (χ2v) is 5.78. The van der Waals surface area contributed by atoms with Crippen LogP contribution in [0.1, 0.15) is 43.0 Å². The predicted octanol–water partition coefficient (Wildman–Crippen LogP) is 1.26. The third-order valence-electron chi connectivity index (χ3n) is 4.65. The first kappa shape index (κ1) is 12.7. The summed E-state index contributed by atoms with van der Waals surface area (Å²) in [6, 6.07) is 1.64. The number of hydrogen-bond acceptors (Lipinski definition) is 3. The molecule has 1 amide bonds. The van der Waals surface area contributed by atoms with Crippen molar-refractivity contribution in [3.05, 3.63) is 18.0 Å². The predicted molar refractivity (Wildman–Crippen MR) is 73.0 cm³/mol. The topological polar surface area (TPSA) is 50.2 Å². The van der Waals surface area contributed by atoms with Crippen molar-refractivity contribution in [1.29, 1.82) is 0 Å². The minimum Gasteiger partial charge on any atom is -0.349 e. The van der Waals surface area contributed by atoms with Crippen LogP contribution in [0.25, 0.3) is 0 Å². The molecule has 5 heteroatoms. The largest absolute Gasteiger partial charge is 0.349 e. The molecule has 19 heavy (non-hydrogen) atoms. The molecule has 1 N–H and O–H groups in total. The Kier molecular flexibility index (Phi) is 3.31. The molecule has 2 atom stereocenters. The van der Waals surface area contributed by atoms with Gasteiger partial charge in [-0.15, -0.1) is 0 Å². The van der Waals surface area contributed by atoms with E-state index in [0.717, 1.165) is 19.4 Å². The summed E-state index contributed by atoms with van der Waals surface area (Å²) in [5.74, 6) is 0.0219. The summed E-state index contributed by atoms with van der Waals surface area (Å²) in [5.41, 5.74) is 0.674. The standard InChI is InChI=1S/C14H22N4O/c1-3-18-9-10(8-15-18)14(19)16-11-6-12-4-5-13(7-11)17(12)2/h8-9,11-13H,3-7H2,1-2H3,(H,16,19). The first-order valence-corrected chi connectivity index (χ1v) is 7.22. The highest BCUT2D eigenvalue weighted by Crippen LogP contribution is 2.34. The molecule has 0 spiro atoms. The van der Waals surface area contributed by atoms with E-state index in [4.69, 9.17) is 0 Å². The van der Waals surface area contributed by atoms with E-state index in [1.807, 2.05) is 13.1 Å². The molecule has 3 heterocycles. The zero-order valence-electron chi connectivity index (χ0n) is 11.7. The molecule has 2 bridgehead atoms. The Morgan fingerprint density at radius 2 is 2.11 bits per heavy atom. The van der Waals surface area contributed by atoms with Gasteiger partial charge in [-0.1, -0.05) is 0 Å². The van der Waals surface area contributed by atoms with E-state index in [-0.39, 0.29) is 5.91 Å². The highest BCUT2D eigenvalue weighted by atomic mass is 16.1. The highest BCUT2D eigenvalue weighted by molar-refractivity contribution is 5.93. The fourth-order valence-corrected chi connectivity index (χ4v) is 3.45. The molecule has 0 aliphatic carbocycles. The molecule has 0 radical (unpaired) electrons. The van der Waals surface area contributed by atoms with Crippen molar-refractivity contribution >= 4 is 5.91 Å². The number of carbonyl (C=O) groups excluding carboxylic acids is 1. The Hall–Kier alpha value is -1.36. The van der Waals surface area contributed by atoms with E-state index in [0.29, 0.717) is 23.7 Å². The first-order valence-electron chi connectivity index (χ1n) is 7.22. The molecule has 104 valence electrons. The number of hydrogen-bond donors (Lipinski definition) is 1. The van der Waals surface area contributed by atoms with Crippen LogP contribution in [0.4, 0.5) is 0 Å². The van der Waals surface area contributed by atoms with Gasteiger partial charge in [0.2, 0.25) is 0 Å². The lowest BCUT2D eigenvalue weighted by atomic mass is 9.98. The monoisotopic (exact) mass is 262 g/mol. The number of fused-ring (bicyclic) bond motifs is 2. The number of piperidine rings is 1. The van der Waals surface area contributed by atoms with E-state index < -0.39 is 0 Å². The maximum Gasteiger partial charge on any atom is 0.254 e. The molecule has 2 unspecified atom stereocenters. The Morgan fingerprint density at radius 3 is 2.68 bits per heavy atom. The number of nitrogens with one attached hydrogen (secondary N) is 1. The van der Waals surface area contributed by atoms with E-state index in [2.05, 4.69) is 22.4 Å². The van der Waals surface area contributed by atoms with Gasteiger partial charge in [0.25, 0.3) is 5.91 Å². The average molecular weight is 262 g/mol. The van der Waals surface area contributed by atoms with Crippen molar-refractivity contribution in [2.75, 3.05) is 7.05 Å². The minimum atomic E-state index is 0.0219. The van der Waals surface area contributed by atoms with Crippen LogP contribution in [-0.4, -0.2) is 45.8 Å². The number of amides is 1. The Labute approximate surface area is 114 Å². The molecule has 2 fully saturated rings. The average Bonchev–Trinajstić information content (AvgIpc) is 2.94. The maximum atomic E-state index is 12.2. The Morgan fingerprint density at radius 1 is 1.42 bits per heavy atom. The summed E-state index contributed by atoms with van der Waals surface area (Å²) in [5, 5.41) is 7.33. The van der Waals surface area contributed by atoms with Gasteiger partial charge in [-0.3, -0.25) is 9.48 Å². The van der Waals surface area contributed by atoms with Crippen LogP contribution < -0.4 is 5.32 Å². The van der Waals surface area contributed by atoms with Gasteiger partial charge in [0.15, 0.2) is 0 Å². The number of aryl methyl sites for hydroxylation is 1. The first-order chi connectivity index (χ1) is 9.17. The number of rotatable bonds is 3. The Bertz CT molecular complexity index is 456. The molecule has 5 nitrogen and oxygen atoms in total. The van der Waals surface area contributed by atoms with Gasteiger partial charge in [-0.05, 0) is 39.7 Å².